The Bertz CT molecular complexity index is 1180. The first-order valence-corrected chi connectivity index (χ1v) is 9.06. The topological polar surface area (TPSA) is 99.6 Å². The molecule has 9 heteroatoms. The molecule has 0 bridgehead atoms. The summed E-state index contributed by atoms with van der Waals surface area (Å²) in [6.07, 6.45) is 4.98. The van der Waals surface area contributed by atoms with E-state index in [0.717, 1.165) is 11.3 Å². The molecule has 4 aromatic rings. The summed E-state index contributed by atoms with van der Waals surface area (Å²) < 4.78 is 4.56. The standard InChI is InChI=1S/C20H19N7O2/c1-25-17(13-16(23-25)15-5-3-2-4-6-15)20(29)22-10-12-27-19(28)8-7-18(24-27)26-11-9-21-14-26/h2-9,11,13-14H,10,12H2,1H3,(H,22,29). The highest BCUT2D eigenvalue weighted by Gasteiger charge is 2.14. The first-order valence-electron chi connectivity index (χ1n) is 9.06. The zero-order chi connectivity index (χ0) is 20.2. The summed E-state index contributed by atoms with van der Waals surface area (Å²) in [6, 6.07) is 14.5. The molecule has 0 fully saturated rings. The number of carbonyl (C=O) groups excluding carboxylic acids is 1. The van der Waals surface area contributed by atoms with Crippen LogP contribution < -0.4 is 10.9 Å². The number of imidazole rings is 1. The summed E-state index contributed by atoms with van der Waals surface area (Å²) in [5.74, 6) is 0.313. The van der Waals surface area contributed by atoms with Crippen LogP contribution in [0.3, 0.4) is 0 Å². The van der Waals surface area contributed by atoms with Crippen LogP contribution in [-0.4, -0.2) is 41.6 Å². The van der Waals surface area contributed by atoms with E-state index in [1.165, 1.54) is 10.7 Å². The third-order valence-electron chi connectivity index (χ3n) is 4.41. The predicted octanol–water partition coefficient (Wildman–Crippen LogP) is 1.26. The molecule has 29 heavy (non-hydrogen) atoms. The van der Waals surface area contributed by atoms with Crippen molar-refractivity contribution < 1.29 is 4.79 Å². The number of amides is 1. The molecular weight excluding hydrogens is 370 g/mol. The molecule has 146 valence electrons. The summed E-state index contributed by atoms with van der Waals surface area (Å²) in [7, 11) is 1.72. The third kappa shape index (κ3) is 3.98. The summed E-state index contributed by atoms with van der Waals surface area (Å²) in [5.41, 5.74) is 1.87. The molecule has 1 aromatic carbocycles. The van der Waals surface area contributed by atoms with Gasteiger partial charge < -0.3 is 5.32 Å². The lowest BCUT2D eigenvalue weighted by Gasteiger charge is -2.08. The highest BCUT2D eigenvalue weighted by atomic mass is 16.2. The quantitative estimate of drug-likeness (QED) is 0.535. The van der Waals surface area contributed by atoms with Crippen molar-refractivity contribution in [1.82, 2.24) is 34.4 Å². The number of hydrogen-bond donors (Lipinski definition) is 1. The minimum absolute atomic E-state index is 0.241. The third-order valence-corrected chi connectivity index (χ3v) is 4.41. The molecule has 4 rings (SSSR count). The van der Waals surface area contributed by atoms with Crippen LogP contribution in [0.15, 0.2) is 72.0 Å². The van der Waals surface area contributed by atoms with Gasteiger partial charge in [0, 0.05) is 37.6 Å². The summed E-state index contributed by atoms with van der Waals surface area (Å²) in [5, 5.41) is 11.5. The summed E-state index contributed by atoms with van der Waals surface area (Å²) >= 11 is 0. The van der Waals surface area contributed by atoms with Gasteiger partial charge in [-0.3, -0.25) is 18.8 Å². The largest absolute Gasteiger partial charge is 0.349 e. The van der Waals surface area contributed by atoms with Crippen LogP contribution in [0.5, 0.6) is 0 Å². The lowest BCUT2D eigenvalue weighted by atomic mass is 10.1. The molecule has 0 saturated heterocycles. The fourth-order valence-corrected chi connectivity index (χ4v) is 2.93. The maximum atomic E-state index is 12.5. The lowest BCUT2D eigenvalue weighted by molar-refractivity contribution is 0.0942. The van der Waals surface area contributed by atoms with Crippen LogP contribution in [0.1, 0.15) is 10.5 Å². The summed E-state index contributed by atoms with van der Waals surface area (Å²) in [4.78, 5) is 28.6. The van der Waals surface area contributed by atoms with Gasteiger partial charge in [0.15, 0.2) is 5.82 Å². The van der Waals surface area contributed by atoms with Crippen LogP contribution in [0, 0.1) is 0 Å². The molecule has 0 radical (unpaired) electrons. The van der Waals surface area contributed by atoms with E-state index in [0.29, 0.717) is 11.5 Å². The highest BCUT2D eigenvalue weighted by molar-refractivity contribution is 5.93. The van der Waals surface area contributed by atoms with Crippen molar-refractivity contribution in [2.75, 3.05) is 6.54 Å². The number of aromatic nitrogens is 6. The Morgan fingerprint density at radius 2 is 1.93 bits per heavy atom. The number of rotatable bonds is 6. The zero-order valence-electron chi connectivity index (χ0n) is 15.8. The van der Waals surface area contributed by atoms with Crippen molar-refractivity contribution in [3.05, 3.63) is 83.3 Å². The van der Waals surface area contributed by atoms with E-state index in [4.69, 9.17) is 0 Å². The second kappa shape index (κ2) is 7.93. The van der Waals surface area contributed by atoms with Gasteiger partial charge in [-0.25, -0.2) is 9.67 Å². The Labute approximate surface area is 166 Å². The molecule has 0 saturated carbocycles. The van der Waals surface area contributed by atoms with Gasteiger partial charge in [0.1, 0.15) is 12.0 Å². The number of carbonyl (C=O) groups is 1. The molecule has 3 aromatic heterocycles. The van der Waals surface area contributed by atoms with Gasteiger partial charge in [0.2, 0.25) is 0 Å². The predicted molar refractivity (Wildman–Crippen MR) is 107 cm³/mol. The van der Waals surface area contributed by atoms with Crippen molar-refractivity contribution in [2.45, 2.75) is 6.54 Å². The van der Waals surface area contributed by atoms with Crippen molar-refractivity contribution in [2.24, 2.45) is 7.05 Å². The molecular formula is C20H19N7O2. The van der Waals surface area contributed by atoms with E-state index < -0.39 is 0 Å². The monoisotopic (exact) mass is 389 g/mol. The van der Waals surface area contributed by atoms with E-state index in [-0.39, 0.29) is 24.6 Å². The lowest BCUT2D eigenvalue weighted by Crippen LogP contribution is -2.33. The van der Waals surface area contributed by atoms with Crippen LogP contribution in [0.4, 0.5) is 0 Å². The normalized spacial score (nSPS) is 10.8. The van der Waals surface area contributed by atoms with Crippen molar-refractivity contribution >= 4 is 5.91 Å². The molecule has 0 unspecified atom stereocenters. The van der Waals surface area contributed by atoms with Gasteiger partial charge in [-0.1, -0.05) is 30.3 Å². The Morgan fingerprint density at radius 3 is 2.69 bits per heavy atom. The minimum atomic E-state index is -0.263. The molecule has 3 heterocycles. The Balaban J connectivity index is 1.43. The van der Waals surface area contributed by atoms with Gasteiger partial charge in [0.25, 0.3) is 11.5 Å². The minimum Gasteiger partial charge on any atom is -0.349 e. The molecule has 0 aliphatic carbocycles. The van der Waals surface area contributed by atoms with Gasteiger partial charge >= 0.3 is 0 Å². The average Bonchev–Trinajstić information content (AvgIpc) is 3.40. The number of aryl methyl sites for hydroxylation is 1. The maximum Gasteiger partial charge on any atom is 0.269 e. The van der Waals surface area contributed by atoms with E-state index in [1.807, 2.05) is 30.3 Å². The first kappa shape index (κ1) is 18.4. The highest BCUT2D eigenvalue weighted by Crippen LogP contribution is 2.18. The number of hydrogen-bond acceptors (Lipinski definition) is 5. The van der Waals surface area contributed by atoms with E-state index >= 15 is 0 Å². The van der Waals surface area contributed by atoms with Crippen LogP contribution in [-0.2, 0) is 13.6 Å². The first-order chi connectivity index (χ1) is 14.1. The van der Waals surface area contributed by atoms with Crippen LogP contribution in [0.2, 0.25) is 0 Å². The van der Waals surface area contributed by atoms with Crippen molar-refractivity contribution in [1.29, 1.82) is 0 Å². The smallest absolute Gasteiger partial charge is 0.269 e. The molecule has 0 atom stereocenters. The van der Waals surface area contributed by atoms with Crippen LogP contribution >= 0.6 is 0 Å². The fraction of sp³-hybridized carbons (Fsp3) is 0.150. The maximum absolute atomic E-state index is 12.5. The average molecular weight is 389 g/mol. The van der Waals surface area contributed by atoms with E-state index in [2.05, 4.69) is 20.5 Å². The van der Waals surface area contributed by atoms with Crippen molar-refractivity contribution in [3.63, 3.8) is 0 Å². The van der Waals surface area contributed by atoms with E-state index in [9.17, 15) is 9.59 Å². The van der Waals surface area contributed by atoms with Gasteiger partial charge in [0.05, 0.1) is 12.2 Å². The Hall–Kier alpha value is -4.01. The Morgan fingerprint density at radius 1 is 1.10 bits per heavy atom. The Kier molecular flexibility index (Phi) is 5.02. The number of nitrogens with one attached hydrogen (secondary N) is 1. The molecule has 0 spiro atoms. The molecule has 9 nitrogen and oxygen atoms in total. The molecule has 1 amide bonds. The summed E-state index contributed by atoms with van der Waals surface area (Å²) in [6.45, 7) is 0.501. The number of benzene rings is 1. The molecule has 0 aliphatic rings. The SMILES string of the molecule is Cn1nc(-c2ccccc2)cc1C(=O)NCCn1nc(-n2ccnc2)ccc1=O. The fourth-order valence-electron chi connectivity index (χ4n) is 2.93. The second-order valence-electron chi connectivity index (χ2n) is 6.38. The van der Waals surface area contributed by atoms with E-state index in [1.54, 1.807) is 47.2 Å². The second-order valence-corrected chi connectivity index (χ2v) is 6.38. The van der Waals surface area contributed by atoms with Gasteiger partial charge in [-0.15, -0.1) is 0 Å². The van der Waals surface area contributed by atoms with Crippen LogP contribution in [0.25, 0.3) is 17.1 Å². The molecule has 0 aliphatic heterocycles. The van der Waals surface area contributed by atoms with Gasteiger partial charge in [-0.05, 0) is 12.1 Å². The van der Waals surface area contributed by atoms with Crippen molar-refractivity contribution in [3.8, 4) is 17.1 Å². The zero-order valence-corrected chi connectivity index (χ0v) is 15.8. The number of nitrogens with zero attached hydrogens (tertiary/aromatic N) is 6. The van der Waals surface area contributed by atoms with Gasteiger partial charge in [-0.2, -0.15) is 10.2 Å². The molecule has 1 N–H and O–H groups in total.